The summed E-state index contributed by atoms with van der Waals surface area (Å²) >= 11 is 7.80. The first-order valence-corrected chi connectivity index (χ1v) is 9.57. The predicted octanol–water partition coefficient (Wildman–Crippen LogP) is 5.28. The van der Waals surface area contributed by atoms with Crippen LogP contribution in [0, 0.1) is 20.8 Å². The van der Waals surface area contributed by atoms with Crippen LogP contribution in [-0.4, -0.2) is 20.5 Å². The van der Waals surface area contributed by atoms with Crippen LogP contribution in [0.4, 0.5) is 0 Å². The monoisotopic (exact) mass is 372 g/mol. The summed E-state index contributed by atoms with van der Waals surface area (Å²) in [6.07, 6.45) is 0. The number of rotatable bonds is 1. The van der Waals surface area contributed by atoms with Crippen molar-refractivity contribution in [3.63, 3.8) is 0 Å². The molecule has 3 heterocycles. The van der Waals surface area contributed by atoms with Crippen molar-refractivity contribution in [3.05, 3.63) is 62.5 Å². The molecular weight excluding hydrogens is 352 g/mol. The van der Waals surface area contributed by atoms with E-state index in [1.807, 2.05) is 45.0 Å². The van der Waals surface area contributed by atoms with E-state index in [9.17, 15) is 0 Å². The molecule has 6 heteroatoms. The minimum Gasteiger partial charge on any atom is -0.276 e. The van der Waals surface area contributed by atoms with Gasteiger partial charge in [-0.05, 0) is 38.5 Å². The summed E-state index contributed by atoms with van der Waals surface area (Å²) in [4.78, 5) is 6.14. The second kappa shape index (κ2) is 7.10. The third-order valence-electron chi connectivity index (χ3n) is 4.19. The molecule has 0 amide bonds. The molecule has 130 valence electrons. The Bertz CT molecular complexity index is 935. The Labute approximate surface area is 157 Å². The third-order valence-corrected chi connectivity index (χ3v) is 5.64. The third kappa shape index (κ3) is 3.02. The number of benzene rings is 1. The van der Waals surface area contributed by atoms with Crippen molar-refractivity contribution in [2.45, 2.75) is 41.2 Å². The molecule has 0 spiro atoms. The molecule has 3 aromatic rings. The molecule has 1 aliphatic rings. The number of hydrogen-bond donors (Lipinski definition) is 0. The normalized spacial score (nSPS) is 12.5. The van der Waals surface area contributed by atoms with Crippen LogP contribution >= 0.6 is 22.9 Å². The van der Waals surface area contributed by atoms with Gasteiger partial charge in [0.25, 0.3) is 0 Å². The molecule has 0 unspecified atom stereocenters. The fourth-order valence-corrected chi connectivity index (χ4v) is 4.24. The minimum absolute atomic E-state index is 0.526. The smallest absolute Gasteiger partial charge is 0.160 e. The van der Waals surface area contributed by atoms with Crippen molar-refractivity contribution in [3.8, 4) is 5.00 Å². The molecule has 0 fully saturated rings. The van der Waals surface area contributed by atoms with Crippen LogP contribution in [0.5, 0.6) is 0 Å². The van der Waals surface area contributed by atoms with Crippen LogP contribution in [-0.2, 0) is 6.54 Å². The van der Waals surface area contributed by atoms with Crippen LogP contribution in [0.15, 0.2) is 29.3 Å². The first kappa shape index (κ1) is 17.8. The zero-order chi connectivity index (χ0) is 18.1. The molecule has 1 aromatic carbocycles. The summed E-state index contributed by atoms with van der Waals surface area (Å²) in [6, 6.07) is 7.86. The molecule has 0 aliphatic carbocycles. The van der Waals surface area contributed by atoms with E-state index in [2.05, 4.69) is 28.6 Å². The lowest BCUT2D eigenvalue weighted by molar-refractivity contribution is 0.869. The number of thiophene rings is 1. The van der Waals surface area contributed by atoms with Gasteiger partial charge in [-0.15, -0.1) is 21.5 Å². The van der Waals surface area contributed by atoms with Crippen molar-refractivity contribution in [1.82, 2.24) is 14.8 Å². The number of aliphatic imine (C=N–C) groups is 1. The van der Waals surface area contributed by atoms with Crippen molar-refractivity contribution in [2.24, 2.45) is 4.99 Å². The zero-order valence-corrected chi connectivity index (χ0v) is 16.7. The molecule has 2 aromatic heterocycles. The summed E-state index contributed by atoms with van der Waals surface area (Å²) < 4.78 is 2.13. The fourth-order valence-electron chi connectivity index (χ4n) is 2.89. The molecule has 1 aliphatic heterocycles. The zero-order valence-electron chi connectivity index (χ0n) is 15.1. The predicted molar refractivity (Wildman–Crippen MR) is 106 cm³/mol. The Morgan fingerprint density at radius 2 is 1.72 bits per heavy atom. The Kier molecular flexibility index (Phi) is 5.06. The van der Waals surface area contributed by atoms with Crippen LogP contribution in [0.3, 0.4) is 0 Å². The maximum Gasteiger partial charge on any atom is 0.160 e. The minimum atomic E-state index is 0.526. The Morgan fingerprint density at radius 3 is 2.40 bits per heavy atom. The van der Waals surface area contributed by atoms with Gasteiger partial charge in [-0.1, -0.05) is 37.6 Å². The lowest BCUT2D eigenvalue weighted by Crippen LogP contribution is -2.07. The van der Waals surface area contributed by atoms with Crippen molar-refractivity contribution < 1.29 is 0 Å². The van der Waals surface area contributed by atoms with E-state index in [0.29, 0.717) is 6.54 Å². The molecule has 25 heavy (non-hydrogen) atoms. The summed E-state index contributed by atoms with van der Waals surface area (Å²) in [5, 5.41) is 10.4. The Balaban J connectivity index is 0.000000880. The summed E-state index contributed by atoms with van der Waals surface area (Å²) in [5.41, 5.74) is 4.52. The molecule has 0 saturated heterocycles. The van der Waals surface area contributed by atoms with E-state index in [4.69, 9.17) is 16.6 Å². The van der Waals surface area contributed by atoms with Gasteiger partial charge in [0.2, 0.25) is 0 Å². The fraction of sp³-hybridized carbons (Fsp3) is 0.316. The molecule has 4 rings (SSSR count). The van der Waals surface area contributed by atoms with Gasteiger partial charge >= 0.3 is 0 Å². The summed E-state index contributed by atoms with van der Waals surface area (Å²) in [7, 11) is 0. The largest absolute Gasteiger partial charge is 0.276 e. The van der Waals surface area contributed by atoms with Gasteiger partial charge in [-0.2, -0.15) is 0 Å². The van der Waals surface area contributed by atoms with Gasteiger partial charge in [0.15, 0.2) is 5.82 Å². The first-order valence-electron chi connectivity index (χ1n) is 8.38. The molecule has 0 radical (unpaired) electrons. The van der Waals surface area contributed by atoms with Crippen molar-refractivity contribution in [2.75, 3.05) is 0 Å². The van der Waals surface area contributed by atoms with E-state index in [-0.39, 0.29) is 0 Å². The van der Waals surface area contributed by atoms with Crippen LogP contribution in [0.25, 0.3) is 5.00 Å². The summed E-state index contributed by atoms with van der Waals surface area (Å²) in [5.74, 6) is 1.78. The quantitative estimate of drug-likeness (QED) is 0.582. The number of aryl methyl sites for hydroxylation is 2. The second-order valence-electron chi connectivity index (χ2n) is 5.63. The molecular formula is C19H21ClN4S. The molecule has 0 atom stereocenters. The van der Waals surface area contributed by atoms with Crippen LogP contribution in [0.1, 0.15) is 47.1 Å². The maximum atomic E-state index is 6.03. The number of halogens is 1. The highest BCUT2D eigenvalue weighted by atomic mass is 35.5. The topological polar surface area (TPSA) is 43.1 Å². The van der Waals surface area contributed by atoms with Gasteiger partial charge in [0.1, 0.15) is 17.4 Å². The van der Waals surface area contributed by atoms with Gasteiger partial charge in [-0.3, -0.25) is 9.56 Å². The van der Waals surface area contributed by atoms with Gasteiger partial charge in [-0.25, -0.2) is 0 Å². The van der Waals surface area contributed by atoms with Gasteiger partial charge in [0.05, 0.1) is 5.71 Å². The lowest BCUT2D eigenvalue weighted by Gasteiger charge is -2.09. The Hall–Kier alpha value is -1.98. The highest BCUT2D eigenvalue weighted by molar-refractivity contribution is 7.15. The first-order chi connectivity index (χ1) is 12.1. The van der Waals surface area contributed by atoms with E-state index in [1.54, 1.807) is 11.3 Å². The lowest BCUT2D eigenvalue weighted by atomic mass is 10.00. The molecule has 4 nitrogen and oxygen atoms in total. The summed E-state index contributed by atoms with van der Waals surface area (Å²) in [6.45, 7) is 10.8. The van der Waals surface area contributed by atoms with E-state index in [0.717, 1.165) is 32.9 Å². The van der Waals surface area contributed by atoms with E-state index < -0.39 is 0 Å². The van der Waals surface area contributed by atoms with Crippen LogP contribution < -0.4 is 0 Å². The number of nitrogens with zero attached hydrogens (tertiary/aromatic N) is 4. The molecule has 0 bridgehead atoms. The van der Waals surface area contributed by atoms with Crippen molar-refractivity contribution >= 4 is 28.6 Å². The SMILES string of the molecule is CC.Cc1sc2c(c1C)C(c1ccc(Cl)cc1)=NCc1nnc(C)n1-2. The molecule has 0 N–H and O–H groups in total. The van der Waals surface area contributed by atoms with E-state index in [1.165, 1.54) is 16.0 Å². The number of hydrogen-bond acceptors (Lipinski definition) is 4. The van der Waals surface area contributed by atoms with Crippen LogP contribution in [0.2, 0.25) is 5.02 Å². The van der Waals surface area contributed by atoms with Crippen molar-refractivity contribution in [1.29, 1.82) is 0 Å². The molecule has 0 saturated carbocycles. The number of fused-ring (bicyclic) bond motifs is 3. The highest BCUT2D eigenvalue weighted by Gasteiger charge is 2.26. The standard InChI is InChI=1S/C17H15ClN4S.C2H6/c1-9-10(2)23-17-15(9)16(12-4-6-13(18)7-5-12)19-8-14-21-20-11(3)22(14)17;1-2/h4-7H,8H2,1-3H3;1-2H3. The van der Waals surface area contributed by atoms with Gasteiger partial charge < -0.3 is 0 Å². The van der Waals surface area contributed by atoms with Gasteiger partial charge in [0, 0.05) is 21.0 Å². The van der Waals surface area contributed by atoms with E-state index >= 15 is 0 Å². The second-order valence-corrected chi connectivity index (χ2v) is 7.27. The number of aromatic nitrogens is 3. The Morgan fingerprint density at radius 1 is 1.04 bits per heavy atom. The maximum absolute atomic E-state index is 6.03. The average molecular weight is 373 g/mol. The highest BCUT2D eigenvalue weighted by Crippen LogP contribution is 2.36. The average Bonchev–Trinajstić information content (AvgIpc) is 3.06.